The monoisotopic (exact) mass is 212 g/mol. The van der Waals surface area contributed by atoms with E-state index in [0.717, 1.165) is 11.3 Å². The number of aryl methyl sites for hydroxylation is 1. The SMILES string of the molecule is Cc1cc(Cl)c2c(c1)OCC(C)(C)O2. The lowest BCUT2D eigenvalue weighted by Gasteiger charge is -2.33. The minimum Gasteiger partial charge on any atom is -0.485 e. The molecule has 0 atom stereocenters. The molecule has 0 saturated carbocycles. The van der Waals surface area contributed by atoms with E-state index in [-0.39, 0.29) is 5.60 Å². The topological polar surface area (TPSA) is 18.5 Å². The number of halogens is 1. The smallest absolute Gasteiger partial charge is 0.180 e. The number of benzene rings is 1. The molecule has 0 aromatic heterocycles. The summed E-state index contributed by atoms with van der Waals surface area (Å²) in [6.45, 7) is 6.49. The van der Waals surface area contributed by atoms with Crippen LogP contribution in [0.3, 0.4) is 0 Å². The average Bonchev–Trinajstić information content (AvgIpc) is 2.06. The van der Waals surface area contributed by atoms with Crippen molar-refractivity contribution in [2.75, 3.05) is 6.61 Å². The summed E-state index contributed by atoms with van der Waals surface area (Å²) in [4.78, 5) is 0. The maximum atomic E-state index is 6.07. The number of hydrogen-bond acceptors (Lipinski definition) is 2. The van der Waals surface area contributed by atoms with E-state index in [2.05, 4.69) is 0 Å². The highest BCUT2D eigenvalue weighted by atomic mass is 35.5. The molecule has 76 valence electrons. The van der Waals surface area contributed by atoms with Crippen molar-refractivity contribution in [1.29, 1.82) is 0 Å². The Morgan fingerprint density at radius 3 is 2.79 bits per heavy atom. The van der Waals surface area contributed by atoms with Crippen LogP contribution in [0, 0.1) is 6.92 Å². The minimum absolute atomic E-state index is 0.300. The molecule has 2 rings (SSSR count). The summed E-state index contributed by atoms with van der Waals surface area (Å²) < 4.78 is 11.3. The zero-order valence-corrected chi connectivity index (χ0v) is 9.31. The van der Waals surface area contributed by atoms with Crippen molar-refractivity contribution in [2.24, 2.45) is 0 Å². The second-order valence-corrected chi connectivity index (χ2v) is 4.63. The molecule has 14 heavy (non-hydrogen) atoms. The maximum absolute atomic E-state index is 6.07. The lowest BCUT2D eigenvalue weighted by Crippen LogP contribution is -2.38. The molecular formula is C11H13ClO2. The van der Waals surface area contributed by atoms with Gasteiger partial charge in [0.2, 0.25) is 0 Å². The van der Waals surface area contributed by atoms with Gasteiger partial charge in [-0.25, -0.2) is 0 Å². The zero-order valence-electron chi connectivity index (χ0n) is 8.56. The zero-order chi connectivity index (χ0) is 10.3. The van der Waals surface area contributed by atoms with Gasteiger partial charge in [0, 0.05) is 0 Å². The fraction of sp³-hybridized carbons (Fsp3) is 0.455. The van der Waals surface area contributed by atoms with Gasteiger partial charge in [0.25, 0.3) is 0 Å². The highest BCUT2D eigenvalue weighted by molar-refractivity contribution is 6.32. The Morgan fingerprint density at radius 1 is 1.36 bits per heavy atom. The van der Waals surface area contributed by atoms with E-state index >= 15 is 0 Å². The van der Waals surface area contributed by atoms with Crippen LogP contribution in [0.5, 0.6) is 11.5 Å². The van der Waals surface area contributed by atoms with Crippen LogP contribution in [0.2, 0.25) is 5.02 Å². The van der Waals surface area contributed by atoms with Gasteiger partial charge < -0.3 is 9.47 Å². The van der Waals surface area contributed by atoms with Crippen molar-refractivity contribution in [3.8, 4) is 11.5 Å². The predicted octanol–water partition coefficient (Wildman–Crippen LogP) is 3.20. The molecular weight excluding hydrogens is 200 g/mol. The summed E-state index contributed by atoms with van der Waals surface area (Å²) in [5.41, 5.74) is 0.781. The molecule has 3 heteroatoms. The molecule has 0 fully saturated rings. The van der Waals surface area contributed by atoms with Crippen LogP contribution in [0.25, 0.3) is 0 Å². The Hall–Kier alpha value is -0.890. The van der Waals surface area contributed by atoms with Crippen molar-refractivity contribution in [3.05, 3.63) is 22.7 Å². The van der Waals surface area contributed by atoms with Crippen molar-refractivity contribution >= 4 is 11.6 Å². The van der Waals surface area contributed by atoms with E-state index < -0.39 is 0 Å². The summed E-state index contributed by atoms with van der Waals surface area (Å²) in [7, 11) is 0. The minimum atomic E-state index is -0.300. The second-order valence-electron chi connectivity index (χ2n) is 4.22. The molecule has 0 spiro atoms. The fourth-order valence-electron chi connectivity index (χ4n) is 1.46. The first kappa shape index (κ1) is 9.66. The number of rotatable bonds is 0. The van der Waals surface area contributed by atoms with Crippen LogP contribution in [-0.4, -0.2) is 12.2 Å². The first-order valence-corrected chi connectivity index (χ1v) is 4.98. The van der Waals surface area contributed by atoms with Crippen molar-refractivity contribution in [3.63, 3.8) is 0 Å². The Balaban J connectivity index is 2.47. The Bertz CT molecular complexity index is 372. The Morgan fingerprint density at radius 2 is 2.07 bits per heavy atom. The van der Waals surface area contributed by atoms with Crippen molar-refractivity contribution < 1.29 is 9.47 Å². The van der Waals surface area contributed by atoms with Gasteiger partial charge in [0.05, 0.1) is 5.02 Å². The molecule has 1 aliphatic heterocycles. The molecule has 1 aromatic rings. The third-order valence-corrected chi connectivity index (χ3v) is 2.39. The van der Waals surface area contributed by atoms with Gasteiger partial charge in [-0.15, -0.1) is 0 Å². The van der Waals surface area contributed by atoms with E-state index in [1.54, 1.807) is 0 Å². The molecule has 0 unspecified atom stereocenters. The molecule has 0 amide bonds. The second kappa shape index (κ2) is 3.06. The summed E-state index contributed by atoms with van der Waals surface area (Å²) in [5, 5.41) is 0.618. The Labute approximate surface area is 88.8 Å². The first-order chi connectivity index (χ1) is 6.48. The highest BCUT2D eigenvalue weighted by Crippen LogP contribution is 2.41. The van der Waals surface area contributed by atoms with Gasteiger partial charge in [-0.3, -0.25) is 0 Å². The molecule has 0 saturated heterocycles. The van der Waals surface area contributed by atoms with E-state index in [9.17, 15) is 0 Å². The third-order valence-electron chi connectivity index (χ3n) is 2.11. The van der Waals surface area contributed by atoms with Crippen molar-refractivity contribution in [2.45, 2.75) is 26.4 Å². The van der Waals surface area contributed by atoms with Gasteiger partial charge in [-0.1, -0.05) is 11.6 Å². The summed E-state index contributed by atoms with van der Waals surface area (Å²) in [6.07, 6.45) is 0. The standard InChI is InChI=1S/C11H13ClO2/c1-7-4-8(12)10-9(5-7)13-6-11(2,3)14-10/h4-5H,6H2,1-3H3. The van der Waals surface area contributed by atoms with Gasteiger partial charge in [0.1, 0.15) is 12.2 Å². The summed E-state index contributed by atoms with van der Waals surface area (Å²) >= 11 is 6.07. The van der Waals surface area contributed by atoms with E-state index in [1.165, 1.54) is 0 Å². The van der Waals surface area contributed by atoms with Crippen LogP contribution in [0.4, 0.5) is 0 Å². The van der Waals surface area contributed by atoms with E-state index in [0.29, 0.717) is 17.4 Å². The largest absolute Gasteiger partial charge is 0.485 e. The molecule has 1 heterocycles. The molecule has 0 radical (unpaired) electrons. The molecule has 0 bridgehead atoms. The molecule has 1 aromatic carbocycles. The molecule has 0 aliphatic carbocycles. The van der Waals surface area contributed by atoms with E-state index in [4.69, 9.17) is 21.1 Å². The fourth-order valence-corrected chi connectivity index (χ4v) is 1.76. The van der Waals surface area contributed by atoms with Crippen molar-refractivity contribution in [1.82, 2.24) is 0 Å². The average molecular weight is 213 g/mol. The molecule has 2 nitrogen and oxygen atoms in total. The predicted molar refractivity (Wildman–Crippen MR) is 56.4 cm³/mol. The number of ether oxygens (including phenoxy) is 2. The van der Waals surface area contributed by atoms with E-state index in [1.807, 2.05) is 32.9 Å². The normalized spacial score (nSPS) is 18.0. The van der Waals surface area contributed by atoms with Crippen LogP contribution in [0.15, 0.2) is 12.1 Å². The van der Waals surface area contributed by atoms with Gasteiger partial charge in [-0.05, 0) is 38.5 Å². The van der Waals surface area contributed by atoms with Gasteiger partial charge in [0.15, 0.2) is 11.5 Å². The highest BCUT2D eigenvalue weighted by Gasteiger charge is 2.29. The first-order valence-electron chi connectivity index (χ1n) is 4.60. The Kier molecular flexibility index (Phi) is 2.11. The maximum Gasteiger partial charge on any atom is 0.180 e. The summed E-state index contributed by atoms with van der Waals surface area (Å²) in [5.74, 6) is 1.41. The number of hydrogen-bond donors (Lipinski definition) is 0. The van der Waals surface area contributed by atoms with Crippen LogP contribution >= 0.6 is 11.6 Å². The number of fused-ring (bicyclic) bond motifs is 1. The summed E-state index contributed by atoms with van der Waals surface area (Å²) in [6, 6.07) is 3.82. The van der Waals surface area contributed by atoms with Gasteiger partial charge in [-0.2, -0.15) is 0 Å². The third kappa shape index (κ3) is 1.67. The van der Waals surface area contributed by atoms with Crippen LogP contribution in [-0.2, 0) is 0 Å². The lowest BCUT2D eigenvalue weighted by atomic mass is 10.1. The molecule has 0 N–H and O–H groups in total. The van der Waals surface area contributed by atoms with Gasteiger partial charge >= 0.3 is 0 Å². The quantitative estimate of drug-likeness (QED) is 0.658. The lowest BCUT2D eigenvalue weighted by molar-refractivity contribution is 0.0214. The van der Waals surface area contributed by atoms with Crippen LogP contribution < -0.4 is 9.47 Å². The van der Waals surface area contributed by atoms with Crippen LogP contribution in [0.1, 0.15) is 19.4 Å². The molecule has 1 aliphatic rings.